The van der Waals surface area contributed by atoms with Crippen molar-refractivity contribution in [2.45, 2.75) is 30.6 Å². The second-order valence-corrected chi connectivity index (χ2v) is 9.38. The molecule has 4 nitrogen and oxygen atoms in total. The van der Waals surface area contributed by atoms with Gasteiger partial charge in [0, 0.05) is 17.5 Å². The van der Waals surface area contributed by atoms with Gasteiger partial charge in [-0.05, 0) is 37.4 Å². The van der Waals surface area contributed by atoms with Crippen LogP contribution in [0.2, 0.25) is 0 Å². The van der Waals surface area contributed by atoms with E-state index in [1.807, 2.05) is 31.4 Å². The fraction of sp³-hybridized carbons (Fsp3) is 0.308. The highest BCUT2D eigenvalue weighted by molar-refractivity contribution is 7.91. The van der Waals surface area contributed by atoms with Gasteiger partial charge in [-0.2, -0.15) is 4.31 Å². The molecule has 2 rings (SSSR count). The Hall–Kier alpha value is -0.800. The van der Waals surface area contributed by atoms with Crippen LogP contribution < -0.4 is 5.73 Å². The van der Waals surface area contributed by atoms with Gasteiger partial charge in [-0.3, -0.25) is 0 Å². The number of thiophene rings is 2. The predicted molar refractivity (Wildman–Crippen MR) is 92.4 cm³/mol. The van der Waals surface area contributed by atoms with Crippen LogP contribution in [0.4, 0.5) is 0 Å². The van der Waals surface area contributed by atoms with Crippen molar-refractivity contribution in [3.05, 3.63) is 39.4 Å². The summed E-state index contributed by atoms with van der Waals surface area (Å²) < 4.78 is 27.4. The summed E-state index contributed by atoms with van der Waals surface area (Å²) in [5.41, 5.74) is 5.55. The predicted octanol–water partition coefficient (Wildman–Crippen LogP) is 3.04. The molecule has 21 heavy (non-hydrogen) atoms. The molecule has 0 aliphatic heterocycles. The van der Waals surface area contributed by atoms with Crippen molar-refractivity contribution < 1.29 is 8.42 Å². The van der Waals surface area contributed by atoms with Gasteiger partial charge in [0.15, 0.2) is 0 Å². The van der Waals surface area contributed by atoms with E-state index >= 15 is 0 Å². The van der Waals surface area contributed by atoms with Crippen LogP contribution in [-0.4, -0.2) is 23.8 Å². The molecule has 0 saturated heterocycles. The standard InChI is InChI=1S/C13H16N2O2S4/c1-9(2)15(8-10-4-3-7-19-10)21(16,17)12-6-5-11(20-12)13(14)18/h3-7,9H,8H2,1-2H3,(H2,14,18). The molecule has 0 radical (unpaired) electrons. The third-order valence-corrected chi connectivity index (χ3v) is 7.67. The molecule has 2 heterocycles. The molecule has 8 heteroatoms. The van der Waals surface area contributed by atoms with Gasteiger partial charge in [-0.1, -0.05) is 18.3 Å². The number of nitrogens with zero attached hydrogens (tertiary/aromatic N) is 1. The Morgan fingerprint density at radius 1 is 1.38 bits per heavy atom. The lowest BCUT2D eigenvalue weighted by atomic mass is 10.4. The summed E-state index contributed by atoms with van der Waals surface area (Å²) in [6.07, 6.45) is 0. The van der Waals surface area contributed by atoms with E-state index in [9.17, 15) is 8.42 Å². The number of hydrogen-bond donors (Lipinski definition) is 1. The maximum Gasteiger partial charge on any atom is 0.253 e. The van der Waals surface area contributed by atoms with Crippen LogP contribution in [0.1, 0.15) is 23.6 Å². The Morgan fingerprint density at radius 2 is 2.10 bits per heavy atom. The largest absolute Gasteiger partial charge is 0.389 e. The molecule has 0 aromatic carbocycles. The third-order valence-electron chi connectivity index (χ3n) is 2.85. The van der Waals surface area contributed by atoms with E-state index < -0.39 is 10.0 Å². The van der Waals surface area contributed by atoms with Crippen molar-refractivity contribution in [1.82, 2.24) is 4.31 Å². The fourth-order valence-electron chi connectivity index (χ4n) is 1.81. The van der Waals surface area contributed by atoms with Crippen molar-refractivity contribution in [1.29, 1.82) is 0 Å². The van der Waals surface area contributed by atoms with Crippen LogP contribution in [0.15, 0.2) is 33.9 Å². The maximum atomic E-state index is 12.8. The number of nitrogens with two attached hydrogens (primary N) is 1. The highest BCUT2D eigenvalue weighted by atomic mass is 32.2. The summed E-state index contributed by atoms with van der Waals surface area (Å²) in [5.74, 6) is 0. The van der Waals surface area contributed by atoms with Crippen molar-refractivity contribution >= 4 is 49.9 Å². The summed E-state index contributed by atoms with van der Waals surface area (Å²) in [7, 11) is -3.55. The molecule has 0 spiro atoms. The van der Waals surface area contributed by atoms with Crippen molar-refractivity contribution in [3.63, 3.8) is 0 Å². The van der Waals surface area contributed by atoms with E-state index in [1.165, 1.54) is 4.31 Å². The quantitative estimate of drug-likeness (QED) is 0.804. The van der Waals surface area contributed by atoms with Gasteiger partial charge in [0.2, 0.25) is 0 Å². The molecule has 0 saturated carbocycles. The van der Waals surface area contributed by atoms with Crippen LogP contribution in [0.3, 0.4) is 0 Å². The van der Waals surface area contributed by atoms with Gasteiger partial charge < -0.3 is 5.73 Å². The molecule has 0 unspecified atom stereocenters. The summed E-state index contributed by atoms with van der Waals surface area (Å²) in [6, 6.07) is 6.94. The zero-order valence-electron chi connectivity index (χ0n) is 11.6. The number of hydrogen-bond acceptors (Lipinski definition) is 5. The van der Waals surface area contributed by atoms with Crippen molar-refractivity contribution in [3.8, 4) is 0 Å². The summed E-state index contributed by atoms with van der Waals surface area (Å²) in [4.78, 5) is 1.85. The topological polar surface area (TPSA) is 63.4 Å². The third kappa shape index (κ3) is 3.70. The lowest BCUT2D eigenvalue weighted by Gasteiger charge is -2.24. The van der Waals surface area contributed by atoms with E-state index in [0.717, 1.165) is 16.2 Å². The zero-order chi connectivity index (χ0) is 15.6. The lowest BCUT2D eigenvalue weighted by molar-refractivity contribution is 0.351. The Labute approximate surface area is 138 Å². The van der Waals surface area contributed by atoms with E-state index in [-0.39, 0.29) is 15.2 Å². The minimum absolute atomic E-state index is 0.132. The summed E-state index contributed by atoms with van der Waals surface area (Å²) in [6.45, 7) is 4.11. The van der Waals surface area contributed by atoms with Gasteiger partial charge in [-0.15, -0.1) is 22.7 Å². The minimum atomic E-state index is -3.55. The van der Waals surface area contributed by atoms with Gasteiger partial charge >= 0.3 is 0 Å². The Balaban J connectivity index is 2.35. The first kappa shape index (κ1) is 16.6. The van der Waals surface area contributed by atoms with E-state index in [2.05, 4.69) is 0 Å². The van der Waals surface area contributed by atoms with Crippen LogP contribution in [0.25, 0.3) is 0 Å². The first-order valence-electron chi connectivity index (χ1n) is 6.26. The fourth-order valence-corrected chi connectivity index (χ4v) is 5.69. The van der Waals surface area contributed by atoms with E-state index in [1.54, 1.807) is 23.5 Å². The monoisotopic (exact) mass is 360 g/mol. The number of rotatable bonds is 6. The molecule has 0 aliphatic rings. The average molecular weight is 361 g/mol. The lowest BCUT2D eigenvalue weighted by Crippen LogP contribution is -2.35. The molecule has 2 N–H and O–H groups in total. The number of thiocarbonyl (C=S) groups is 1. The van der Waals surface area contributed by atoms with Gasteiger partial charge in [0.25, 0.3) is 10.0 Å². The Morgan fingerprint density at radius 3 is 2.57 bits per heavy atom. The second-order valence-electron chi connectivity index (χ2n) is 4.71. The second kappa shape index (κ2) is 6.53. The van der Waals surface area contributed by atoms with E-state index in [0.29, 0.717) is 11.4 Å². The van der Waals surface area contributed by atoms with E-state index in [4.69, 9.17) is 18.0 Å². The molecule has 0 amide bonds. The first-order chi connectivity index (χ1) is 9.82. The number of sulfonamides is 1. The van der Waals surface area contributed by atoms with Gasteiger partial charge in [0.1, 0.15) is 9.20 Å². The normalized spacial score (nSPS) is 12.2. The van der Waals surface area contributed by atoms with Crippen molar-refractivity contribution in [2.24, 2.45) is 5.73 Å². The molecule has 2 aromatic heterocycles. The first-order valence-corrected chi connectivity index (χ1v) is 9.80. The van der Waals surface area contributed by atoms with Crippen LogP contribution in [0, 0.1) is 0 Å². The maximum absolute atomic E-state index is 12.8. The Kier molecular flexibility index (Phi) is 5.15. The molecule has 114 valence electrons. The minimum Gasteiger partial charge on any atom is -0.389 e. The average Bonchev–Trinajstić information content (AvgIpc) is 3.06. The summed E-state index contributed by atoms with van der Waals surface area (Å²) >= 11 is 7.55. The van der Waals surface area contributed by atoms with Crippen LogP contribution in [0.5, 0.6) is 0 Å². The zero-order valence-corrected chi connectivity index (χ0v) is 14.9. The smallest absolute Gasteiger partial charge is 0.253 e. The van der Waals surface area contributed by atoms with Gasteiger partial charge in [0.05, 0.1) is 4.88 Å². The van der Waals surface area contributed by atoms with Crippen LogP contribution in [-0.2, 0) is 16.6 Å². The SMILES string of the molecule is CC(C)N(Cc1cccs1)S(=O)(=O)c1ccc(C(N)=S)s1. The molecule has 2 aromatic rings. The highest BCUT2D eigenvalue weighted by Gasteiger charge is 2.29. The molecule has 0 bridgehead atoms. The summed E-state index contributed by atoms with van der Waals surface area (Å²) in [5, 5.41) is 1.94. The molecular formula is C13H16N2O2S4. The van der Waals surface area contributed by atoms with Crippen LogP contribution >= 0.6 is 34.9 Å². The molecule has 0 atom stereocenters. The molecule has 0 aliphatic carbocycles. The molecular weight excluding hydrogens is 344 g/mol. The Bertz CT molecular complexity index is 717. The highest BCUT2D eigenvalue weighted by Crippen LogP contribution is 2.28. The molecule has 0 fully saturated rings. The van der Waals surface area contributed by atoms with Gasteiger partial charge in [-0.25, -0.2) is 8.42 Å². The van der Waals surface area contributed by atoms with Crippen molar-refractivity contribution in [2.75, 3.05) is 0 Å².